The zero-order valence-corrected chi connectivity index (χ0v) is 17.7. The molecule has 3 heterocycles. The minimum Gasteiger partial charge on any atom is -0.366 e. The van der Waals surface area contributed by atoms with Gasteiger partial charge in [-0.25, -0.2) is 27.2 Å². The van der Waals surface area contributed by atoms with Gasteiger partial charge in [-0.3, -0.25) is 4.68 Å². The van der Waals surface area contributed by atoms with Crippen LogP contribution in [0.1, 0.15) is 5.56 Å². The van der Waals surface area contributed by atoms with Crippen LogP contribution >= 0.6 is 0 Å². The average Bonchev–Trinajstić information content (AvgIpc) is 3.40. The first-order valence-corrected chi connectivity index (χ1v) is 11.5. The molecule has 3 aromatic heterocycles. The van der Waals surface area contributed by atoms with Crippen LogP contribution in [0.2, 0.25) is 0 Å². The molecule has 0 saturated heterocycles. The van der Waals surface area contributed by atoms with Gasteiger partial charge in [-0.15, -0.1) is 0 Å². The first-order chi connectivity index (χ1) is 15.3. The van der Waals surface area contributed by atoms with Crippen LogP contribution in [0.25, 0.3) is 22.9 Å². The van der Waals surface area contributed by atoms with Gasteiger partial charge in [-0.2, -0.15) is 5.10 Å². The summed E-state index contributed by atoms with van der Waals surface area (Å²) in [5.41, 5.74) is 1.70. The highest BCUT2D eigenvalue weighted by Crippen LogP contribution is 2.25. The Bertz CT molecular complexity index is 1340. The van der Waals surface area contributed by atoms with E-state index in [2.05, 4.69) is 25.5 Å². The molecule has 1 N–H and O–H groups in total. The number of benzene rings is 1. The van der Waals surface area contributed by atoms with Gasteiger partial charge in [0, 0.05) is 24.4 Å². The maximum absolute atomic E-state index is 14.2. The fourth-order valence-electron chi connectivity index (χ4n) is 2.95. The fraction of sp³-hybridized carbons (Fsp3) is 0.200. The quantitative estimate of drug-likeness (QED) is 0.427. The van der Waals surface area contributed by atoms with Crippen molar-refractivity contribution in [2.24, 2.45) is 0 Å². The van der Waals surface area contributed by atoms with Crippen LogP contribution in [-0.2, 0) is 16.4 Å². The lowest BCUT2D eigenvalue weighted by Gasteiger charge is -2.07. The van der Waals surface area contributed by atoms with Crippen LogP contribution in [-0.4, -0.2) is 51.9 Å². The Labute approximate surface area is 182 Å². The Kier molecular flexibility index (Phi) is 5.95. The molecule has 0 aliphatic heterocycles. The molecular weight excluding hydrogens is 442 g/mol. The van der Waals surface area contributed by atoms with E-state index < -0.39 is 15.7 Å². The second-order valence-electron chi connectivity index (χ2n) is 7.00. The lowest BCUT2D eigenvalue weighted by Crippen LogP contribution is -2.16. The molecule has 0 atom stereocenters. The van der Waals surface area contributed by atoms with Gasteiger partial charge in [0.25, 0.3) is 0 Å². The Morgan fingerprint density at radius 2 is 1.94 bits per heavy atom. The number of anilines is 1. The molecule has 12 heteroatoms. The molecular formula is C20H18F2N6O3S. The van der Waals surface area contributed by atoms with E-state index >= 15 is 0 Å². The maximum atomic E-state index is 14.2. The van der Waals surface area contributed by atoms with Gasteiger partial charge in [0.2, 0.25) is 0 Å². The third-order valence-electron chi connectivity index (χ3n) is 4.50. The maximum Gasteiger partial charge on any atom is 0.183 e. The number of nitrogens with zero attached hydrogens (tertiary/aromatic N) is 5. The van der Waals surface area contributed by atoms with Crippen molar-refractivity contribution >= 4 is 15.7 Å². The van der Waals surface area contributed by atoms with E-state index in [9.17, 15) is 17.2 Å². The van der Waals surface area contributed by atoms with Crippen molar-refractivity contribution in [3.63, 3.8) is 0 Å². The number of sulfone groups is 1. The smallest absolute Gasteiger partial charge is 0.183 e. The predicted octanol–water partition coefficient (Wildman–Crippen LogP) is 2.78. The number of aromatic nitrogens is 5. The van der Waals surface area contributed by atoms with Crippen LogP contribution in [0.5, 0.6) is 0 Å². The molecule has 4 rings (SSSR count). The zero-order chi connectivity index (χ0) is 22.7. The Hall–Kier alpha value is -3.67. The summed E-state index contributed by atoms with van der Waals surface area (Å²) in [6.07, 6.45) is 3.45. The first kappa shape index (κ1) is 21.6. The van der Waals surface area contributed by atoms with Gasteiger partial charge in [0.15, 0.2) is 17.5 Å². The predicted molar refractivity (Wildman–Crippen MR) is 112 cm³/mol. The fourth-order valence-corrected chi connectivity index (χ4v) is 3.43. The second kappa shape index (κ2) is 8.83. The van der Waals surface area contributed by atoms with Gasteiger partial charge in [0.1, 0.15) is 33.3 Å². The molecule has 0 bridgehead atoms. The van der Waals surface area contributed by atoms with E-state index in [0.29, 0.717) is 22.6 Å². The van der Waals surface area contributed by atoms with Crippen LogP contribution < -0.4 is 5.32 Å². The standard InChI is InChI=1S/C20H18F2N6O3S/c1-32(29,30)9-7-23-19-15(22)11-24-20(25-19)17-10-18(16-6-8-31-27-16)28(26-17)12-13-4-2-3-5-14(13)21/h2-6,8,10-11H,7,9,12H2,1H3,(H,23,24,25). The Morgan fingerprint density at radius 1 is 1.12 bits per heavy atom. The van der Waals surface area contributed by atoms with Crippen LogP contribution in [0.15, 0.2) is 53.4 Å². The van der Waals surface area contributed by atoms with Crippen molar-refractivity contribution in [1.82, 2.24) is 24.9 Å². The molecule has 0 radical (unpaired) electrons. The summed E-state index contributed by atoms with van der Waals surface area (Å²) >= 11 is 0. The lowest BCUT2D eigenvalue weighted by atomic mass is 10.2. The Morgan fingerprint density at radius 3 is 2.66 bits per heavy atom. The van der Waals surface area contributed by atoms with Crippen LogP contribution in [0, 0.1) is 11.6 Å². The summed E-state index contributed by atoms with van der Waals surface area (Å²) < 4.78 is 57.3. The molecule has 0 saturated carbocycles. The van der Waals surface area contributed by atoms with E-state index in [-0.39, 0.29) is 36.3 Å². The minimum absolute atomic E-state index is 0.0158. The number of nitrogens with one attached hydrogen (secondary N) is 1. The molecule has 0 fully saturated rings. The van der Waals surface area contributed by atoms with Crippen LogP contribution in [0.3, 0.4) is 0 Å². The molecule has 0 unspecified atom stereocenters. The van der Waals surface area contributed by atoms with E-state index in [4.69, 9.17) is 4.52 Å². The molecule has 9 nitrogen and oxygen atoms in total. The molecule has 1 aromatic carbocycles. The van der Waals surface area contributed by atoms with Crippen LogP contribution in [0.4, 0.5) is 14.6 Å². The molecule has 0 amide bonds. The van der Waals surface area contributed by atoms with Crippen molar-refractivity contribution < 1.29 is 21.7 Å². The Balaban J connectivity index is 1.68. The van der Waals surface area contributed by atoms with Gasteiger partial charge in [0.05, 0.1) is 24.2 Å². The first-order valence-electron chi connectivity index (χ1n) is 9.47. The third-order valence-corrected chi connectivity index (χ3v) is 5.44. The number of hydrogen-bond acceptors (Lipinski definition) is 8. The summed E-state index contributed by atoms with van der Waals surface area (Å²) in [7, 11) is -3.22. The van der Waals surface area contributed by atoms with E-state index in [1.54, 1.807) is 30.3 Å². The molecule has 0 spiro atoms. The minimum atomic E-state index is -3.22. The summed E-state index contributed by atoms with van der Waals surface area (Å²) in [5, 5.41) is 11.0. The van der Waals surface area contributed by atoms with Crippen molar-refractivity contribution in [3.8, 4) is 22.9 Å². The molecule has 0 aliphatic rings. The van der Waals surface area contributed by atoms with Gasteiger partial charge in [-0.05, 0) is 12.1 Å². The lowest BCUT2D eigenvalue weighted by molar-refractivity contribution is 0.421. The van der Waals surface area contributed by atoms with E-state index in [1.807, 2.05) is 0 Å². The second-order valence-corrected chi connectivity index (χ2v) is 9.26. The highest BCUT2D eigenvalue weighted by Gasteiger charge is 2.18. The highest BCUT2D eigenvalue weighted by atomic mass is 32.2. The topological polar surface area (TPSA) is 116 Å². The number of rotatable bonds is 8. The molecule has 0 aliphatic carbocycles. The van der Waals surface area contributed by atoms with Crippen molar-refractivity contribution in [2.75, 3.05) is 23.9 Å². The SMILES string of the molecule is CS(=O)(=O)CCNc1nc(-c2cc(-c3ccon3)n(Cc3ccccc3F)n2)ncc1F. The van der Waals surface area contributed by atoms with E-state index in [0.717, 1.165) is 12.5 Å². The molecule has 4 aromatic rings. The summed E-state index contributed by atoms with van der Waals surface area (Å²) in [6, 6.07) is 9.57. The normalized spacial score (nSPS) is 11.6. The van der Waals surface area contributed by atoms with Crippen molar-refractivity contribution in [2.45, 2.75) is 6.54 Å². The average molecular weight is 460 g/mol. The number of halogens is 2. The monoisotopic (exact) mass is 460 g/mol. The summed E-state index contributed by atoms with van der Waals surface area (Å²) in [5.74, 6) is -1.34. The number of hydrogen-bond donors (Lipinski definition) is 1. The highest BCUT2D eigenvalue weighted by molar-refractivity contribution is 7.90. The molecule has 166 valence electrons. The summed E-state index contributed by atoms with van der Waals surface area (Å²) in [4.78, 5) is 8.12. The van der Waals surface area contributed by atoms with Gasteiger partial charge < -0.3 is 9.84 Å². The van der Waals surface area contributed by atoms with Gasteiger partial charge in [-0.1, -0.05) is 23.4 Å². The van der Waals surface area contributed by atoms with Crippen molar-refractivity contribution in [3.05, 3.63) is 66.1 Å². The van der Waals surface area contributed by atoms with E-state index in [1.165, 1.54) is 17.0 Å². The zero-order valence-electron chi connectivity index (χ0n) is 16.9. The summed E-state index contributed by atoms with van der Waals surface area (Å²) in [6.45, 7) is 0.0909. The third kappa shape index (κ3) is 4.97. The van der Waals surface area contributed by atoms with Gasteiger partial charge >= 0.3 is 0 Å². The van der Waals surface area contributed by atoms with Crippen molar-refractivity contribution in [1.29, 1.82) is 0 Å². The molecule has 32 heavy (non-hydrogen) atoms. The largest absolute Gasteiger partial charge is 0.366 e.